The number of alkyl halides is 3. The van der Waals surface area contributed by atoms with E-state index in [4.69, 9.17) is 14.6 Å². The van der Waals surface area contributed by atoms with E-state index in [2.05, 4.69) is 15.5 Å². The third-order valence-corrected chi connectivity index (χ3v) is 8.96. The first-order chi connectivity index (χ1) is 19.2. The maximum Gasteiger partial charge on any atom is 0.417 e. The summed E-state index contributed by atoms with van der Waals surface area (Å²) in [7, 11) is 0. The van der Waals surface area contributed by atoms with Gasteiger partial charge in [0.25, 0.3) is 6.47 Å². The molecule has 212 valence electrons. The van der Waals surface area contributed by atoms with Crippen LogP contribution in [0.25, 0.3) is 11.1 Å². The number of hydrogen-bond donors (Lipinski definition) is 1. The highest BCUT2D eigenvalue weighted by molar-refractivity contribution is 7.96. The fraction of sp³-hybridized carbons (Fsp3) is 0.400. The maximum absolute atomic E-state index is 14.8. The average Bonchev–Trinajstić information content (AvgIpc) is 3.62. The molecule has 2 fully saturated rings. The van der Waals surface area contributed by atoms with Crippen molar-refractivity contribution in [3.8, 4) is 17.0 Å². The van der Waals surface area contributed by atoms with Gasteiger partial charge < -0.3 is 9.84 Å². The van der Waals surface area contributed by atoms with E-state index in [-0.39, 0.29) is 24.2 Å². The number of carboxylic acid groups (broad SMARTS) is 1. The molecule has 2 atom stereocenters. The Labute approximate surface area is 234 Å². The molecule has 3 aromatic rings. The Morgan fingerprint density at radius 2 is 1.85 bits per heavy atom. The molecule has 6 rings (SSSR count). The SMILES string of the molecule is CSN1CCC(c2ccc(-c3cc(COc4cc5c(cn4)C4CC4C5)c(F)cc3C(F)(F)F)cc2)CC1.O=CO. The quantitative estimate of drug-likeness (QED) is 0.189. The van der Waals surface area contributed by atoms with Crippen LogP contribution in [0.3, 0.4) is 0 Å². The molecule has 1 aliphatic heterocycles. The first kappa shape index (κ1) is 28.4. The van der Waals surface area contributed by atoms with Gasteiger partial charge in [-0.3, -0.25) is 9.10 Å². The second kappa shape index (κ2) is 11.8. The third kappa shape index (κ3) is 6.12. The summed E-state index contributed by atoms with van der Waals surface area (Å²) in [5, 5.41) is 6.89. The smallest absolute Gasteiger partial charge is 0.417 e. The Bertz CT molecular complexity index is 1360. The summed E-state index contributed by atoms with van der Waals surface area (Å²) in [6, 6.07) is 11.0. The van der Waals surface area contributed by atoms with E-state index in [9.17, 15) is 17.6 Å². The molecule has 2 heterocycles. The minimum absolute atomic E-state index is 0.0433. The molecular weight excluding hydrogens is 544 g/mol. The molecule has 0 radical (unpaired) electrons. The van der Waals surface area contributed by atoms with Crippen molar-refractivity contribution in [1.29, 1.82) is 0 Å². The summed E-state index contributed by atoms with van der Waals surface area (Å²) in [5.41, 5.74) is 3.06. The monoisotopic (exact) mass is 574 g/mol. The second-order valence-electron chi connectivity index (χ2n) is 10.4. The first-order valence-electron chi connectivity index (χ1n) is 13.2. The van der Waals surface area contributed by atoms with Crippen molar-refractivity contribution >= 4 is 18.4 Å². The number of aromatic nitrogens is 1. The number of nitrogens with zero attached hydrogens (tertiary/aromatic N) is 2. The molecule has 5 nitrogen and oxygen atoms in total. The zero-order chi connectivity index (χ0) is 28.4. The maximum atomic E-state index is 14.8. The van der Waals surface area contributed by atoms with Crippen molar-refractivity contribution in [3.63, 3.8) is 0 Å². The van der Waals surface area contributed by atoms with Gasteiger partial charge in [0.1, 0.15) is 12.4 Å². The topological polar surface area (TPSA) is 62.7 Å². The highest BCUT2D eigenvalue weighted by Gasteiger charge is 2.45. The predicted octanol–water partition coefficient (Wildman–Crippen LogP) is 7.30. The molecule has 0 amide bonds. The molecule has 1 aromatic heterocycles. The lowest BCUT2D eigenvalue weighted by Crippen LogP contribution is -2.27. The van der Waals surface area contributed by atoms with E-state index < -0.39 is 17.6 Å². The lowest BCUT2D eigenvalue weighted by Gasteiger charge is -2.30. The van der Waals surface area contributed by atoms with Crippen LogP contribution < -0.4 is 4.74 Å². The number of fused-ring (bicyclic) bond motifs is 3. The highest BCUT2D eigenvalue weighted by Crippen LogP contribution is 2.56. The van der Waals surface area contributed by atoms with Gasteiger partial charge in [0.05, 0.1) is 5.56 Å². The van der Waals surface area contributed by atoms with E-state index in [1.165, 1.54) is 23.6 Å². The van der Waals surface area contributed by atoms with Crippen molar-refractivity contribution in [2.45, 2.75) is 50.3 Å². The number of pyridine rings is 1. The van der Waals surface area contributed by atoms with Crippen LogP contribution in [0.15, 0.2) is 48.7 Å². The summed E-state index contributed by atoms with van der Waals surface area (Å²) in [6.45, 7) is 1.54. The van der Waals surface area contributed by atoms with Gasteiger partial charge in [-0.25, -0.2) is 9.37 Å². The summed E-state index contributed by atoms with van der Waals surface area (Å²) in [4.78, 5) is 12.7. The Morgan fingerprint density at radius 1 is 1.15 bits per heavy atom. The summed E-state index contributed by atoms with van der Waals surface area (Å²) < 4.78 is 64.5. The Balaban J connectivity index is 0.00000103. The van der Waals surface area contributed by atoms with Gasteiger partial charge in [-0.1, -0.05) is 36.2 Å². The predicted molar refractivity (Wildman–Crippen MR) is 146 cm³/mol. The molecule has 0 spiro atoms. The molecule has 1 saturated heterocycles. The number of halogens is 4. The van der Waals surface area contributed by atoms with Gasteiger partial charge in [0, 0.05) is 30.9 Å². The number of carbonyl (C=O) groups is 1. The second-order valence-corrected chi connectivity index (χ2v) is 11.3. The Hall–Kier alpha value is -3.11. The van der Waals surface area contributed by atoms with Crippen molar-refractivity contribution in [3.05, 3.63) is 82.3 Å². The lowest BCUT2D eigenvalue weighted by atomic mass is 9.88. The fourth-order valence-electron chi connectivity index (χ4n) is 5.87. The molecule has 1 saturated carbocycles. The van der Waals surface area contributed by atoms with E-state index in [0.29, 0.717) is 35.3 Å². The number of ether oxygens (including phenoxy) is 1. The molecular formula is C30H30F4N2O3S. The number of benzene rings is 2. The van der Waals surface area contributed by atoms with Crippen LogP contribution >= 0.6 is 11.9 Å². The summed E-state index contributed by atoms with van der Waals surface area (Å²) in [5.74, 6) is 1.15. The lowest BCUT2D eigenvalue weighted by molar-refractivity contribution is -0.137. The molecule has 0 bridgehead atoms. The number of rotatable bonds is 6. The number of hydrogen-bond acceptors (Lipinski definition) is 5. The third-order valence-electron chi connectivity index (χ3n) is 8.08. The minimum atomic E-state index is -4.68. The van der Waals surface area contributed by atoms with E-state index in [0.717, 1.165) is 37.9 Å². The molecule has 2 unspecified atom stereocenters. The van der Waals surface area contributed by atoms with Gasteiger partial charge in [-0.05, 0) is 89.6 Å². The average molecular weight is 575 g/mol. The first-order valence-corrected chi connectivity index (χ1v) is 14.4. The van der Waals surface area contributed by atoms with Gasteiger partial charge in [-0.2, -0.15) is 13.2 Å². The summed E-state index contributed by atoms with van der Waals surface area (Å²) >= 11 is 1.74. The summed E-state index contributed by atoms with van der Waals surface area (Å²) in [6.07, 6.45) is 3.47. The molecule has 3 aliphatic rings. The van der Waals surface area contributed by atoms with Gasteiger partial charge in [-0.15, -0.1) is 0 Å². The van der Waals surface area contributed by atoms with Crippen LogP contribution in [-0.2, 0) is 24.0 Å². The molecule has 1 N–H and O–H groups in total. The number of piperidine rings is 1. The normalized spacial score (nSPS) is 20.2. The van der Waals surface area contributed by atoms with Crippen molar-refractivity contribution in [1.82, 2.24) is 9.29 Å². The zero-order valence-corrected chi connectivity index (χ0v) is 22.8. The minimum Gasteiger partial charge on any atom is -0.483 e. The zero-order valence-electron chi connectivity index (χ0n) is 22.0. The highest BCUT2D eigenvalue weighted by atomic mass is 32.2. The van der Waals surface area contributed by atoms with Gasteiger partial charge in [0.2, 0.25) is 5.88 Å². The Kier molecular flexibility index (Phi) is 8.37. The van der Waals surface area contributed by atoms with Crippen LogP contribution in [0, 0.1) is 11.7 Å². The van der Waals surface area contributed by atoms with Crippen LogP contribution in [0.2, 0.25) is 0 Å². The standard InChI is InChI=1S/C29H28F4N2OS.CH2O2/c1-37-35-8-6-18(7-9-35)17-2-4-19(5-3-17)24-12-22(27(30)14-26(24)29(31,32)33)16-36-28-13-21-10-20-11-23(20)25(21)15-34-28;2-1-3/h2-5,12-15,18,20,23H,6-11,16H2,1H3;1H,(H,2,3). The van der Waals surface area contributed by atoms with Gasteiger partial charge >= 0.3 is 6.18 Å². The van der Waals surface area contributed by atoms with Crippen molar-refractivity contribution in [2.24, 2.45) is 5.92 Å². The largest absolute Gasteiger partial charge is 0.483 e. The molecule has 40 heavy (non-hydrogen) atoms. The van der Waals surface area contributed by atoms with Crippen LogP contribution in [0.5, 0.6) is 5.88 Å². The van der Waals surface area contributed by atoms with Crippen LogP contribution in [-0.4, -0.2) is 40.2 Å². The van der Waals surface area contributed by atoms with Crippen molar-refractivity contribution < 1.29 is 32.2 Å². The van der Waals surface area contributed by atoms with E-state index in [1.807, 2.05) is 24.4 Å². The van der Waals surface area contributed by atoms with Crippen LogP contribution in [0.4, 0.5) is 17.6 Å². The molecule has 10 heteroatoms. The molecule has 2 aliphatic carbocycles. The Morgan fingerprint density at radius 3 is 2.50 bits per heavy atom. The van der Waals surface area contributed by atoms with Crippen molar-refractivity contribution in [2.75, 3.05) is 19.3 Å². The van der Waals surface area contributed by atoms with Crippen LogP contribution in [0.1, 0.15) is 58.9 Å². The fourth-order valence-corrected chi connectivity index (χ4v) is 6.45. The van der Waals surface area contributed by atoms with E-state index in [1.54, 1.807) is 24.1 Å². The molecule has 2 aromatic carbocycles. The van der Waals surface area contributed by atoms with Gasteiger partial charge in [0.15, 0.2) is 0 Å². The van der Waals surface area contributed by atoms with E-state index >= 15 is 0 Å².